The second kappa shape index (κ2) is 17.9. The first kappa shape index (κ1) is 38.3. The third-order valence-corrected chi connectivity index (χ3v) is 7.18. The summed E-state index contributed by atoms with van der Waals surface area (Å²) in [4.78, 5) is 70.2. The number of carbonyl (C=O) groups is 5. The number of nitrogens with two attached hydrogens (primary N) is 3. The number of hydrogen-bond acceptors (Lipinski definition) is 10. The summed E-state index contributed by atoms with van der Waals surface area (Å²) in [6.07, 6.45) is -4.07. The van der Waals surface area contributed by atoms with Crippen LogP contribution in [-0.2, 0) is 41.3 Å². The molecule has 0 fully saturated rings. The van der Waals surface area contributed by atoms with Crippen molar-refractivity contribution >= 4 is 46.2 Å². The van der Waals surface area contributed by atoms with Gasteiger partial charge in [0.1, 0.15) is 24.7 Å². The van der Waals surface area contributed by atoms with E-state index in [0.29, 0.717) is 10.9 Å². The van der Waals surface area contributed by atoms with Gasteiger partial charge in [0, 0.05) is 44.9 Å². The average molecular weight is 689 g/mol. The molecule has 0 saturated heterocycles. The van der Waals surface area contributed by atoms with Crippen LogP contribution in [0.4, 0.5) is 18.9 Å². The van der Waals surface area contributed by atoms with E-state index in [1.165, 1.54) is 23.2 Å². The molecular weight excluding hydrogens is 649 g/mol. The fourth-order valence-electron chi connectivity index (χ4n) is 4.66. The zero-order valence-electron chi connectivity index (χ0n) is 26.7. The van der Waals surface area contributed by atoms with Crippen LogP contribution >= 0.6 is 0 Å². The summed E-state index contributed by atoms with van der Waals surface area (Å²) in [5, 5.41) is 8.25. The number of alkyl halides is 3. The number of benzene rings is 2. The summed E-state index contributed by atoms with van der Waals surface area (Å²) in [6.45, 7) is 0.960. The first-order valence-corrected chi connectivity index (χ1v) is 15.2. The lowest BCUT2D eigenvalue weighted by molar-refractivity contribution is -0.143. The topological polar surface area (TPSA) is 225 Å². The third-order valence-electron chi connectivity index (χ3n) is 7.18. The molecule has 0 aliphatic heterocycles. The van der Waals surface area contributed by atoms with Crippen LogP contribution in [0.25, 0.3) is 10.9 Å². The number of aromatic nitrogens is 1. The number of halogens is 3. The standard InChI is InChI=1S/C32H39F3N8O6/c1-19(44)49-18-24(38)29(46)41-27(16-28(45)43(12-10-36)13-11-37)31(48)42-26(14-20-6-8-22(9-7-20)32(33,34)35)30(47)40-23-15-21-4-2-3-5-25(21)39-17-23/h2-9,15,17,24,26-27H,10-14,16,18,36-38H2,1H3,(H,40,47)(H,41,46)(H,42,48). The Morgan fingerprint density at radius 3 is 2.14 bits per heavy atom. The maximum atomic E-state index is 13.7. The van der Waals surface area contributed by atoms with Gasteiger partial charge >= 0.3 is 12.1 Å². The zero-order chi connectivity index (χ0) is 36.1. The Morgan fingerprint density at radius 1 is 0.898 bits per heavy atom. The lowest BCUT2D eigenvalue weighted by Gasteiger charge is -2.27. The number of rotatable bonds is 16. The van der Waals surface area contributed by atoms with Crippen LogP contribution in [0.15, 0.2) is 60.8 Å². The van der Waals surface area contributed by atoms with Gasteiger partial charge in [-0.1, -0.05) is 30.3 Å². The third kappa shape index (κ3) is 11.8. The molecule has 14 nitrogen and oxygen atoms in total. The van der Waals surface area contributed by atoms with Gasteiger partial charge in [-0.3, -0.25) is 29.0 Å². The Morgan fingerprint density at radius 2 is 1.53 bits per heavy atom. The van der Waals surface area contributed by atoms with Crippen LogP contribution in [0.3, 0.4) is 0 Å². The zero-order valence-corrected chi connectivity index (χ0v) is 26.7. The highest BCUT2D eigenvalue weighted by molar-refractivity contribution is 6.00. The monoisotopic (exact) mass is 688 g/mol. The van der Waals surface area contributed by atoms with Crippen molar-refractivity contribution in [1.29, 1.82) is 0 Å². The van der Waals surface area contributed by atoms with Gasteiger partial charge in [0.2, 0.25) is 23.6 Å². The highest BCUT2D eigenvalue weighted by Gasteiger charge is 2.33. The SMILES string of the molecule is CC(=O)OCC(N)C(=O)NC(CC(=O)N(CCN)CCN)C(=O)NC(Cc1ccc(C(F)(F)F)cc1)C(=O)Nc1cnc2ccccc2c1. The number of pyridine rings is 1. The average Bonchev–Trinajstić information content (AvgIpc) is 3.06. The first-order chi connectivity index (χ1) is 23.2. The van der Waals surface area contributed by atoms with Crippen LogP contribution in [0, 0.1) is 0 Å². The predicted octanol–water partition coefficient (Wildman–Crippen LogP) is 0.431. The highest BCUT2D eigenvalue weighted by Crippen LogP contribution is 2.29. The molecule has 9 N–H and O–H groups in total. The second-order valence-electron chi connectivity index (χ2n) is 11.0. The maximum absolute atomic E-state index is 13.7. The van der Waals surface area contributed by atoms with Gasteiger partial charge in [0.15, 0.2) is 0 Å². The molecule has 0 aliphatic rings. The summed E-state index contributed by atoms with van der Waals surface area (Å²) < 4.78 is 44.3. The summed E-state index contributed by atoms with van der Waals surface area (Å²) in [7, 11) is 0. The summed E-state index contributed by atoms with van der Waals surface area (Å²) in [5.74, 6) is -3.99. The number of anilines is 1. The van der Waals surface area contributed by atoms with Crippen molar-refractivity contribution in [3.8, 4) is 0 Å². The van der Waals surface area contributed by atoms with E-state index in [1.54, 1.807) is 30.3 Å². The number of nitrogens with zero attached hydrogens (tertiary/aromatic N) is 2. The number of amides is 4. The lowest BCUT2D eigenvalue weighted by atomic mass is 10.0. The van der Waals surface area contributed by atoms with E-state index in [2.05, 4.69) is 20.9 Å². The maximum Gasteiger partial charge on any atom is 0.416 e. The molecule has 1 heterocycles. The van der Waals surface area contributed by atoms with E-state index in [9.17, 15) is 37.1 Å². The van der Waals surface area contributed by atoms with E-state index in [-0.39, 0.29) is 43.9 Å². The van der Waals surface area contributed by atoms with Crippen molar-refractivity contribution in [3.63, 3.8) is 0 Å². The minimum absolute atomic E-state index is 0.0845. The molecule has 2 aromatic carbocycles. The molecule has 3 aromatic rings. The first-order valence-electron chi connectivity index (χ1n) is 15.2. The van der Waals surface area contributed by atoms with Crippen LogP contribution in [-0.4, -0.2) is 90.4 Å². The van der Waals surface area contributed by atoms with Gasteiger partial charge < -0.3 is 42.8 Å². The second-order valence-corrected chi connectivity index (χ2v) is 11.0. The van der Waals surface area contributed by atoms with Crippen molar-refractivity contribution < 1.29 is 41.9 Å². The molecule has 17 heteroatoms. The van der Waals surface area contributed by atoms with Crippen LogP contribution < -0.4 is 33.2 Å². The Bertz CT molecular complexity index is 1620. The fourth-order valence-corrected chi connectivity index (χ4v) is 4.66. The molecule has 264 valence electrons. The van der Waals surface area contributed by atoms with Crippen LogP contribution in [0.2, 0.25) is 0 Å². The van der Waals surface area contributed by atoms with Gasteiger partial charge in [0.05, 0.1) is 29.4 Å². The number of nitrogens with one attached hydrogen (secondary N) is 3. The molecule has 0 bridgehead atoms. The molecule has 4 amide bonds. The summed E-state index contributed by atoms with van der Waals surface area (Å²) in [6, 6.07) is 8.36. The molecular formula is C32H39F3N8O6. The summed E-state index contributed by atoms with van der Waals surface area (Å²) in [5.41, 5.74) is 17.3. The van der Waals surface area contributed by atoms with E-state index in [4.69, 9.17) is 21.9 Å². The molecule has 3 unspecified atom stereocenters. The highest BCUT2D eigenvalue weighted by atomic mass is 19.4. The quantitative estimate of drug-likeness (QED) is 0.114. The van der Waals surface area contributed by atoms with E-state index >= 15 is 0 Å². The Labute approximate surface area is 279 Å². The minimum Gasteiger partial charge on any atom is -0.464 e. The molecule has 0 aliphatic carbocycles. The largest absolute Gasteiger partial charge is 0.464 e. The number of fused-ring (bicyclic) bond motifs is 1. The van der Waals surface area contributed by atoms with Crippen LogP contribution in [0.1, 0.15) is 24.5 Å². The van der Waals surface area contributed by atoms with Crippen molar-refractivity contribution in [3.05, 3.63) is 71.9 Å². The summed E-state index contributed by atoms with van der Waals surface area (Å²) >= 11 is 0. The minimum atomic E-state index is -4.59. The predicted molar refractivity (Wildman–Crippen MR) is 173 cm³/mol. The number of hydrogen-bond donors (Lipinski definition) is 6. The van der Waals surface area contributed by atoms with Crippen molar-refractivity contribution in [2.45, 2.75) is 44.1 Å². The van der Waals surface area contributed by atoms with E-state index in [0.717, 1.165) is 19.1 Å². The number of carbonyl (C=O) groups excluding carboxylic acids is 5. The Balaban J connectivity index is 1.91. The van der Waals surface area contributed by atoms with Crippen LogP contribution in [0.5, 0.6) is 0 Å². The van der Waals surface area contributed by atoms with E-state index in [1.807, 2.05) is 0 Å². The van der Waals surface area contributed by atoms with E-state index < -0.39 is 72.5 Å². The van der Waals surface area contributed by atoms with Crippen molar-refractivity contribution in [1.82, 2.24) is 20.5 Å². The smallest absolute Gasteiger partial charge is 0.416 e. The number of esters is 1. The molecule has 0 radical (unpaired) electrons. The van der Waals surface area contributed by atoms with Gasteiger partial charge in [-0.25, -0.2) is 0 Å². The number of para-hydroxylation sites is 1. The molecule has 49 heavy (non-hydrogen) atoms. The molecule has 3 atom stereocenters. The van der Waals surface area contributed by atoms with Gasteiger partial charge in [-0.05, 0) is 29.8 Å². The van der Waals surface area contributed by atoms with Crippen molar-refractivity contribution in [2.24, 2.45) is 17.2 Å². The molecule has 3 rings (SSSR count). The molecule has 1 aromatic heterocycles. The Kier molecular flexibility index (Phi) is 14.0. The molecule has 0 saturated carbocycles. The van der Waals surface area contributed by atoms with Crippen molar-refractivity contribution in [2.75, 3.05) is 38.1 Å². The Hall–Kier alpha value is -5.13. The van der Waals surface area contributed by atoms with Gasteiger partial charge in [0.25, 0.3) is 0 Å². The van der Waals surface area contributed by atoms with Gasteiger partial charge in [-0.2, -0.15) is 13.2 Å². The fraction of sp³-hybridized carbons (Fsp3) is 0.375. The van der Waals surface area contributed by atoms with Gasteiger partial charge in [-0.15, -0.1) is 0 Å². The number of ether oxygens (including phenoxy) is 1. The lowest BCUT2D eigenvalue weighted by Crippen LogP contribution is -2.57. The molecule has 0 spiro atoms. The normalized spacial score (nSPS) is 13.1.